The molecule has 1 atom stereocenters. The van der Waals surface area contributed by atoms with Crippen molar-refractivity contribution in [2.75, 3.05) is 7.05 Å². The van der Waals surface area contributed by atoms with Crippen LogP contribution in [0.25, 0.3) is 0 Å². The van der Waals surface area contributed by atoms with Gasteiger partial charge in [-0.25, -0.2) is 0 Å². The number of hydrogen-bond donors (Lipinski definition) is 2. The van der Waals surface area contributed by atoms with Gasteiger partial charge >= 0.3 is 0 Å². The summed E-state index contributed by atoms with van der Waals surface area (Å²) in [4.78, 5) is 11.6. The molecular formula is C18H21NO3. The number of ether oxygens (including phenoxy) is 1. The quantitative estimate of drug-likeness (QED) is 0.862. The normalized spacial score (nSPS) is 11.8. The van der Waals surface area contributed by atoms with Gasteiger partial charge in [0.15, 0.2) is 6.10 Å². The highest BCUT2D eigenvalue weighted by Crippen LogP contribution is 2.21. The topological polar surface area (TPSA) is 58.6 Å². The lowest BCUT2D eigenvalue weighted by molar-refractivity contribution is -0.129. The van der Waals surface area contributed by atoms with Crippen LogP contribution in [0.4, 0.5) is 0 Å². The molecule has 1 amide bonds. The molecule has 2 rings (SSSR count). The third-order valence-electron chi connectivity index (χ3n) is 3.57. The molecule has 4 nitrogen and oxygen atoms in total. The van der Waals surface area contributed by atoms with E-state index in [1.807, 2.05) is 36.4 Å². The van der Waals surface area contributed by atoms with E-state index in [0.29, 0.717) is 12.2 Å². The predicted octanol–water partition coefficient (Wildman–Crippen LogP) is 2.61. The Labute approximate surface area is 130 Å². The summed E-state index contributed by atoms with van der Waals surface area (Å²) in [6.45, 7) is 2.40. The molecule has 2 aromatic carbocycles. The van der Waals surface area contributed by atoms with Gasteiger partial charge in [-0.15, -0.1) is 0 Å². The van der Waals surface area contributed by atoms with Crippen LogP contribution in [0, 0.1) is 0 Å². The van der Waals surface area contributed by atoms with E-state index in [0.717, 1.165) is 17.7 Å². The van der Waals surface area contributed by atoms with E-state index in [4.69, 9.17) is 4.74 Å². The third-order valence-corrected chi connectivity index (χ3v) is 3.57. The van der Waals surface area contributed by atoms with Crippen LogP contribution >= 0.6 is 0 Å². The SMILES string of the molecule is CCc1ccc(OCc2ccccc2C(O)C(=O)NC)cc1. The maximum Gasteiger partial charge on any atom is 0.253 e. The van der Waals surface area contributed by atoms with Gasteiger partial charge < -0.3 is 15.2 Å². The summed E-state index contributed by atoms with van der Waals surface area (Å²) in [5.41, 5.74) is 2.60. The average molecular weight is 299 g/mol. The number of benzene rings is 2. The van der Waals surface area contributed by atoms with Gasteiger partial charge in [0.05, 0.1) is 0 Å². The largest absolute Gasteiger partial charge is 0.489 e. The first-order valence-corrected chi connectivity index (χ1v) is 7.35. The van der Waals surface area contributed by atoms with Crippen molar-refractivity contribution in [3.8, 4) is 5.75 Å². The number of carbonyl (C=O) groups is 1. The molecule has 0 fully saturated rings. The minimum atomic E-state index is -1.19. The number of aliphatic hydroxyl groups is 1. The molecule has 0 bridgehead atoms. The van der Waals surface area contributed by atoms with Gasteiger partial charge in [0.25, 0.3) is 5.91 Å². The fraction of sp³-hybridized carbons (Fsp3) is 0.278. The molecule has 0 aliphatic heterocycles. The maximum absolute atomic E-state index is 11.6. The molecule has 0 spiro atoms. The molecule has 2 N–H and O–H groups in total. The molecule has 2 aromatic rings. The smallest absolute Gasteiger partial charge is 0.253 e. The van der Waals surface area contributed by atoms with E-state index < -0.39 is 12.0 Å². The van der Waals surface area contributed by atoms with Crippen molar-refractivity contribution >= 4 is 5.91 Å². The van der Waals surface area contributed by atoms with Crippen LogP contribution in [0.2, 0.25) is 0 Å². The Morgan fingerprint density at radius 2 is 1.86 bits per heavy atom. The zero-order valence-electron chi connectivity index (χ0n) is 12.9. The summed E-state index contributed by atoms with van der Waals surface area (Å²) in [5.74, 6) is 0.334. The molecule has 0 heterocycles. The second-order valence-electron chi connectivity index (χ2n) is 5.00. The summed E-state index contributed by atoms with van der Waals surface area (Å²) in [5, 5.41) is 12.5. The lowest BCUT2D eigenvalue weighted by atomic mass is 10.0. The Morgan fingerprint density at radius 3 is 2.50 bits per heavy atom. The predicted molar refractivity (Wildman–Crippen MR) is 85.6 cm³/mol. The molecule has 0 radical (unpaired) electrons. The van der Waals surface area contributed by atoms with Gasteiger partial charge in [-0.3, -0.25) is 4.79 Å². The number of likely N-dealkylation sites (N-methyl/N-ethyl adjacent to an activating group) is 1. The second kappa shape index (κ2) is 7.61. The molecular weight excluding hydrogens is 278 g/mol. The van der Waals surface area contributed by atoms with Gasteiger partial charge in [0.1, 0.15) is 12.4 Å². The zero-order chi connectivity index (χ0) is 15.9. The number of aliphatic hydroxyl groups excluding tert-OH is 1. The van der Waals surface area contributed by atoms with E-state index >= 15 is 0 Å². The Hall–Kier alpha value is -2.33. The van der Waals surface area contributed by atoms with Gasteiger partial charge in [-0.05, 0) is 35.2 Å². The van der Waals surface area contributed by atoms with Crippen LogP contribution in [0.15, 0.2) is 48.5 Å². The number of amides is 1. The van der Waals surface area contributed by atoms with Crippen LogP contribution in [0.3, 0.4) is 0 Å². The van der Waals surface area contributed by atoms with Crippen LogP contribution in [-0.2, 0) is 17.8 Å². The Bertz CT molecular complexity index is 622. The number of rotatable bonds is 6. The molecule has 4 heteroatoms. The molecule has 22 heavy (non-hydrogen) atoms. The summed E-state index contributed by atoms with van der Waals surface area (Å²) >= 11 is 0. The van der Waals surface area contributed by atoms with Crippen molar-refractivity contribution in [1.29, 1.82) is 0 Å². The number of hydrogen-bond acceptors (Lipinski definition) is 3. The Balaban J connectivity index is 2.10. The van der Waals surface area contributed by atoms with E-state index in [2.05, 4.69) is 12.2 Å². The molecule has 0 aliphatic rings. The molecule has 0 aliphatic carbocycles. The number of nitrogens with one attached hydrogen (secondary N) is 1. The fourth-order valence-electron chi connectivity index (χ4n) is 2.19. The molecule has 1 unspecified atom stereocenters. The molecule has 0 saturated heterocycles. The lowest BCUT2D eigenvalue weighted by Gasteiger charge is -2.15. The first-order valence-electron chi connectivity index (χ1n) is 7.35. The van der Waals surface area contributed by atoms with Crippen molar-refractivity contribution in [3.63, 3.8) is 0 Å². The Kier molecular flexibility index (Phi) is 5.55. The molecule has 0 aromatic heterocycles. The van der Waals surface area contributed by atoms with Crippen molar-refractivity contribution in [2.45, 2.75) is 26.1 Å². The first-order chi connectivity index (χ1) is 10.7. The number of aryl methyl sites for hydroxylation is 1. The average Bonchev–Trinajstić information content (AvgIpc) is 2.59. The van der Waals surface area contributed by atoms with Crippen LogP contribution in [0.5, 0.6) is 5.75 Å². The van der Waals surface area contributed by atoms with Gasteiger partial charge in [-0.2, -0.15) is 0 Å². The zero-order valence-corrected chi connectivity index (χ0v) is 12.9. The third kappa shape index (κ3) is 3.86. The minimum Gasteiger partial charge on any atom is -0.489 e. The summed E-state index contributed by atoms with van der Waals surface area (Å²) < 4.78 is 5.75. The van der Waals surface area contributed by atoms with E-state index in [-0.39, 0.29) is 0 Å². The monoisotopic (exact) mass is 299 g/mol. The maximum atomic E-state index is 11.6. The van der Waals surface area contributed by atoms with Gasteiger partial charge in [0, 0.05) is 7.05 Å². The highest BCUT2D eigenvalue weighted by Gasteiger charge is 2.18. The van der Waals surface area contributed by atoms with Crippen molar-refractivity contribution in [3.05, 3.63) is 65.2 Å². The standard InChI is InChI=1S/C18H21NO3/c1-3-13-8-10-15(11-9-13)22-12-14-6-4-5-7-16(14)17(20)18(21)19-2/h4-11,17,20H,3,12H2,1-2H3,(H,19,21). The van der Waals surface area contributed by atoms with E-state index in [1.165, 1.54) is 12.6 Å². The Morgan fingerprint density at radius 1 is 1.18 bits per heavy atom. The van der Waals surface area contributed by atoms with Crippen molar-refractivity contribution in [1.82, 2.24) is 5.32 Å². The molecule has 116 valence electrons. The second-order valence-corrected chi connectivity index (χ2v) is 5.00. The van der Waals surface area contributed by atoms with E-state index in [9.17, 15) is 9.90 Å². The summed E-state index contributed by atoms with van der Waals surface area (Å²) in [7, 11) is 1.50. The van der Waals surface area contributed by atoms with Crippen molar-refractivity contribution < 1.29 is 14.6 Å². The summed E-state index contributed by atoms with van der Waals surface area (Å²) in [6, 6.07) is 15.1. The van der Waals surface area contributed by atoms with Gasteiger partial charge in [0.2, 0.25) is 0 Å². The first kappa shape index (κ1) is 16.0. The highest BCUT2D eigenvalue weighted by molar-refractivity contribution is 5.82. The van der Waals surface area contributed by atoms with Crippen LogP contribution in [0.1, 0.15) is 29.7 Å². The van der Waals surface area contributed by atoms with Gasteiger partial charge in [-0.1, -0.05) is 43.3 Å². The van der Waals surface area contributed by atoms with Crippen LogP contribution in [-0.4, -0.2) is 18.1 Å². The lowest BCUT2D eigenvalue weighted by Crippen LogP contribution is -2.26. The van der Waals surface area contributed by atoms with Crippen LogP contribution < -0.4 is 10.1 Å². The van der Waals surface area contributed by atoms with Crippen molar-refractivity contribution in [2.24, 2.45) is 0 Å². The molecule has 0 saturated carbocycles. The fourth-order valence-corrected chi connectivity index (χ4v) is 2.19. The minimum absolute atomic E-state index is 0.301. The number of carbonyl (C=O) groups excluding carboxylic acids is 1. The van der Waals surface area contributed by atoms with E-state index in [1.54, 1.807) is 12.1 Å². The summed E-state index contributed by atoms with van der Waals surface area (Å²) in [6.07, 6.45) is -0.200. The highest BCUT2D eigenvalue weighted by atomic mass is 16.5.